The second-order valence-electron chi connectivity index (χ2n) is 6.08. The fourth-order valence-corrected chi connectivity index (χ4v) is 2.77. The van der Waals surface area contributed by atoms with Gasteiger partial charge in [-0.25, -0.2) is 26.7 Å². The number of hydrogen-bond donors (Lipinski definition) is 3. The highest BCUT2D eigenvalue weighted by molar-refractivity contribution is 6.24. The van der Waals surface area contributed by atoms with Crippen molar-refractivity contribution in [3.8, 4) is 0 Å². The molecule has 0 saturated heterocycles. The van der Waals surface area contributed by atoms with E-state index in [4.69, 9.17) is 0 Å². The van der Waals surface area contributed by atoms with Crippen molar-refractivity contribution in [2.75, 3.05) is 6.61 Å². The average molecular weight is 429 g/mol. The summed E-state index contributed by atoms with van der Waals surface area (Å²) in [5, 5.41) is 21.7. The first-order valence-electron chi connectivity index (χ1n) is 8.60. The summed E-state index contributed by atoms with van der Waals surface area (Å²) < 4.78 is 68.2. The van der Waals surface area contributed by atoms with Gasteiger partial charge in [0.05, 0.1) is 12.6 Å². The molecule has 0 bridgehead atoms. The lowest BCUT2D eigenvalue weighted by Gasteiger charge is -2.21. The predicted molar refractivity (Wildman–Crippen MR) is 94.9 cm³/mol. The molecule has 0 aliphatic heterocycles. The lowest BCUT2D eigenvalue weighted by molar-refractivity contribution is -0.132. The van der Waals surface area contributed by atoms with Gasteiger partial charge in [-0.05, 0) is 12.0 Å². The third-order valence-electron chi connectivity index (χ3n) is 4.27. The number of benzene rings is 2. The van der Waals surface area contributed by atoms with Crippen LogP contribution in [-0.4, -0.2) is 28.6 Å². The van der Waals surface area contributed by atoms with Gasteiger partial charge in [0.2, 0.25) is 11.6 Å². The summed E-state index contributed by atoms with van der Waals surface area (Å²) in [6.07, 6.45) is -0.188. The minimum Gasteiger partial charge on any atom is -0.477 e. The lowest BCUT2D eigenvalue weighted by atomic mass is 9.97. The fourth-order valence-electron chi connectivity index (χ4n) is 2.77. The number of Topliss-reactive ketones (excluding diaryl/α,β-unsaturated/α-hetero) is 1. The van der Waals surface area contributed by atoms with Gasteiger partial charge in [0, 0.05) is 5.70 Å². The molecule has 0 radical (unpaired) electrons. The number of carbonyl (C=O) groups is 2. The van der Waals surface area contributed by atoms with E-state index in [1.807, 2.05) is 0 Å². The Morgan fingerprint density at radius 2 is 1.43 bits per heavy atom. The third kappa shape index (κ3) is 4.33. The van der Waals surface area contributed by atoms with E-state index in [0.29, 0.717) is 5.56 Å². The predicted octanol–water partition coefficient (Wildman–Crippen LogP) is 3.64. The number of aliphatic carboxylic acids is 1. The van der Waals surface area contributed by atoms with Gasteiger partial charge >= 0.3 is 5.97 Å². The van der Waals surface area contributed by atoms with Gasteiger partial charge in [0.25, 0.3) is 0 Å². The molecule has 160 valence electrons. The zero-order valence-electron chi connectivity index (χ0n) is 15.5. The summed E-state index contributed by atoms with van der Waals surface area (Å²) in [6, 6.07) is 7.23. The number of hydrogen-bond acceptors (Lipinski definition) is 4. The van der Waals surface area contributed by atoms with Crippen LogP contribution < -0.4 is 5.32 Å². The molecule has 0 saturated carbocycles. The molecule has 10 heteroatoms. The maximum absolute atomic E-state index is 14.0. The highest BCUT2D eigenvalue weighted by atomic mass is 19.2. The fraction of sp³-hybridized carbons (Fsp3) is 0.200. The number of ketones is 1. The van der Waals surface area contributed by atoms with Crippen LogP contribution in [0.4, 0.5) is 22.0 Å². The molecule has 0 aliphatic rings. The second-order valence-corrected chi connectivity index (χ2v) is 6.08. The van der Waals surface area contributed by atoms with Crippen molar-refractivity contribution in [1.82, 2.24) is 5.32 Å². The first-order valence-corrected chi connectivity index (χ1v) is 8.60. The third-order valence-corrected chi connectivity index (χ3v) is 4.27. The summed E-state index contributed by atoms with van der Waals surface area (Å²) in [5.74, 6) is -15.9. The first kappa shape index (κ1) is 23.0. The molecule has 5 nitrogen and oxygen atoms in total. The topological polar surface area (TPSA) is 86.6 Å². The molecule has 2 rings (SSSR count). The monoisotopic (exact) mass is 429 g/mol. The number of nitrogens with one attached hydrogen (secondary N) is 1. The summed E-state index contributed by atoms with van der Waals surface area (Å²) in [5.41, 5.74) is -2.95. The molecule has 0 fully saturated rings. The zero-order valence-corrected chi connectivity index (χ0v) is 15.5. The number of carboxylic acids is 1. The Labute approximate surface area is 167 Å². The quantitative estimate of drug-likeness (QED) is 0.114. The van der Waals surface area contributed by atoms with Crippen LogP contribution in [0.15, 0.2) is 41.6 Å². The van der Waals surface area contributed by atoms with Crippen molar-refractivity contribution >= 4 is 11.8 Å². The van der Waals surface area contributed by atoms with Crippen molar-refractivity contribution in [1.29, 1.82) is 0 Å². The van der Waals surface area contributed by atoms with Crippen LogP contribution in [0.2, 0.25) is 0 Å². The molecule has 0 spiro atoms. The van der Waals surface area contributed by atoms with E-state index in [1.54, 1.807) is 30.3 Å². The summed E-state index contributed by atoms with van der Waals surface area (Å²) >= 11 is 0. The number of carboxylic acid groups (broad SMARTS) is 1. The smallest absolute Gasteiger partial charge is 0.341 e. The van der Waals surface area contributed by atoms with Crippen LogP contribution >= 0.6 is 0 Å². The van der Waals surface area contributed by atoms with E-state index in [-0.39, 0.29) is 12.1 Å². The number of aliphatic hydroxyl groups is 1. The first-order chi connectivity index (χ1) is 14.1. The summed E-state index contributed by atoms with van der Waals surface area (Å²) in [6.45, 7) is 0.855. The Bertz CT molecular complexity index is 979. The van der Waals surface area contributed by atoms with Crippen molar-refractivity contribution in [3.05, 3.63) is 81.8 Å². The van der Waals surface area contributed by atoms with Gasteiger partial charge < -0.3 is 15.5 Å². The normalized spacial score (nSPS) is 12.9. The maximum atomic E-state index is 14.0. The van der Waals surface area contributed by atoms with E-state index in [9.17, 15) is 41.8 Å². The van der Waals surface area contributed by atoms with Crippen LogP contribution in [-0.2, 0) is 4.79 Å². The number of rotatable bonds is 8. The summed E-state index contributed by atoms with van der Waals surface area (Å²) in [4.78, 5) is 24.3. The second kappa shape index (κ2) is 9.49. The van der Waals surface area contributed by atoms with Gasteiger partial charge in [-0.2, -0.15) is 0 Å². The molecule has 0 aliphatic carbocycles. The largest absolute Gasteiger partial charge is 0.477 e. The molecule has 30 heavy (non-hydrogen) atoms. The zero-order chi connectivity index (χ0) is 22.6. The van der Waals surface area contributed by atoms with Crippen molar-refractivity contribution in [2.24, 2.45) is 0 Å². The Hall–Kier alpha value is -3.27. The minimum absolute atomic E-state index is 0.188. The Kier molecular flexibility index (Phi) is 7.28. The van der Waals surface area contributed by atoms with E-state index in [2.05, 4.69) is 5.32 Å². The van der Waals surface area contributed by atoms with Crippen LogP contribution in [0, 0.1) is 29.1 Å². The Balaban J connectivity index is 2.63. The Morgan fingerprint density at radius 3 is 1.87 bits per heavy atom. The van der Waals surface area contributed by atoms with E-state index in [1.165, 1.54) is 6.92 Å². The van der Waals surface area contributed by atoms with E-state index < -0.39 is 64.6 Å². The maximum Gasteiger partial charge on any atom is 0.341 e. The highest BCUT2D eigenvalue weighted by Crippen LogP contribution is 2.27. The molecule has 0 heterocycles. The molecule has 0 amide bonds. The molecule has 1 unspecified atom stereocenters. The number of aliphatic hydroxyl groups excluding tert-OH is 1. The van der Waals surface area contributed by atoms with Crippen LogP contribution in [0.25, 0.3) is 0 Å². The van der Waals surface area contributed by atoms with Gasteiger partial charge in [-0.1, -0.05) is 37.3 Å². The molecule has 0 aromatic heterocycles. The van der Waals surface area contributed by atoms with Crippen molar-refractivity contribution in [2.45, 2.75) is 19.4 Å². The molecular weight excluding hydrogens is 413 g/mol. The van der Waals surface area contributed by atoms with Crippen LogP contribution in [0.3, 0.4) is 0 Å². The molecule has 2 aromatic carbocycles. The van der Waals surface area contributed by atoms with E-state index >= 15 is 0 Å². The molecule has 2 aromatic rings. The van der Waals surface area contributed by atoms with E-state index in [0.717, 1.165) is 0 Å². The van der Waals surface area contributed by atoms with Gasteiger partial charge in [0.1, 0.15) is 11.1 Å². The molecule has 1 atom stereocenters. The van der Waals surface area contributed by atoms with Crippen LogP contribution in [0.5, 0.6) is 0 Å². The Morgan fingerprint density at radius 1 is 0.933 bits per heavy atom. The number of allylic oxidation sites excluding steroid dienone is 1. The van der Waals surface area contributed by atoms with Gasteiger partial charge in [-0.15, -0.1) is 0 Å². The van der Waals surface area contributed by atoms with Crippen molar-refractivity contribution < 1.29 is 41.8 Å². The SMILES string of the molecule is CCC(NC(CO)c1ccccc1)=C(C(=O)O)C(=O)c1c(F)c(F)c(F)c(F)c1F. The average Bonchev–Trinajstić information content (AvgIpc) is 2.74. The lowest BCUT2D eigenvalue weighted by Crippen LogP contribution is -2.29. The van der Waals surface area contributed by atoms with Gasteiger partial charge in [-0.3, -0.25) is 4.79 Å². The van der Waals surface area contributed by atoms with Crippen molar-refractivity contribution in [3.63, 3.8) is 0 Å². The van der Waals surface area contributed by atoms with Crippen LogP contribution in [0.1, 0.15) is 35.3 Å². The van der Waals surface area contributed by atoms with Gasteiger partial charge in [0.15, 0.2) is 23.3 Å². The standard InChI is InChI=1S/C20H16F5NO4/c1-2-10(26-11(8-27)9-6-4-3-5-7-9)12(20(29)30)19(28)13-14(21)16(23)18(25)17(24)15(13)22/h3-7,11,26-27H,2,8H2,1H3,(H,29,30). The summed E-state index contributed by atoms with van der Waals surface area (Å²) in [7, 11) is 0. The number of halogens is 5. The number of carbonyl (C=O) groups excluding carboxylic acids is 1. The molecular formula is C20H16F5NO4. The highest BCUT2D eigenvalue weighted by Gasteiger charge is 2.34. The molecule has 3 N–H and O–H groups in total. The minimum atomic E-state index is -2.47.